The fourth-order valence-electron chi connectivity index (χ4n) is 1.69. The van der Waals surface area contributed by atoms with E-state index >= 15 is 0 Å². The summed E-state index contributed by atoms with van der Waals surface area (Å²) in [6.07, 6.45) is 3.38. The molecule has 96 valence electrons. The third-order valence-corrected chi connectivity index (χ3v) is 2.81. The molecule has 0 aliphatic rings. The van der Waals surface area contributed by atoms with Gasteiger partial charge in [-0.3, -0.25) is 4.79 Å². The summed E-state index contributed by atoms with van der Waals surface area (Å²) in [4.78, 5) is 11.7. The number of nitrogens with one attached hydrogen (secondary N) is 1. The van der Waals surface area contributed by atoms with Crippen LogP contribution in [0.5, 0.6) is 0 Å². The average Bonchev–Trinajstić information content (AvgIpc) is 2.45. The first-order chi connectivity index (χ1) is 9.24. The van der Waals surface area contributed by atoms with E-state index < -0.39 is 0 Å². The van der Waals surface area contributed by atoms with Crippen molar-refractivity contribution in [2.75, 3.05) is 0 Å². The summed E-state index contributed by atoms with van der Waals surface area (Å²) in [5, 5.41) is 2.85. The Morgan fingerprint density at radius 2 is 1.74 bits per heavy atom. The van der Waals surface area contributed by atoms with Gasteiger partial charge in [0.25, 0.3) is 0 Å². The Balaban J connectivity index is 1.86. The zero-order valence-electron chi connectivity index (χ0n) is 11.0. The van der Waals surface area contributed by atoms with Crippen LogP contribution in [-0.4, -0.2) is 5.91 Å². The molecule has 0 atom stereocenters. The maximum absolute atomic E-state index is 11.7. The number of amides is 1. The van der Waals surface area contributed by atoms with Crippen LogP contribution in [-0.2, 0) is 11.3 Å². The zero-order chi connectivity index (χ0) is 13.5. The van der Waals surface area contributed by atoms with Crippen molar-refractivity contribution in [3.05, 3.63) is 77.4 Å². The van der Waals surface area contributed by atoms with Gasteiger partial charge in [-0.15, -0.1) is 0 Å². The van der Waals surface area contributed by atoms with Gasteiger partial charge < -0.3 is 5.32 Å². The summed E-state index contributed by atoms with van der Waals surface area (Å²) >= 11 is 0. The minimum absolute atomic E-state index is 0.0792. The van der Waals surface area contributed by atoms with Crippen molar-refractivity contribution >= 4 is 12.0 Å². The summed E-state index contributed by atoms with van der Waals surface area (Å²) in [6, 6.07) is 17.9. The minimum atomic E-state index is -0.0792. The summed E-state index contributed by atoms with van der Waals surface area (Å²) < 4.78 is 0. The van der Waals surface area contributed by atoms with E-state index in [1.165, 1.54) is 5.56 Å². The van der Waals surface area contributed by atoms with Crippen molar-refractivity contribution < 1.29 is 4.79 Å². The first-order valence-corrected chi connectivity index (χ1v) is 6.30. The Hall–Kier alpha value is -2.35. The molecular formula is C17H17NO. The highest BCUT2D eigenvalue weighted by atomic mass is 16.1. The molecule has 1 N–H and O–H groups in total. The van der Waals surface area contributed by atoms with Gasteiger partial charge in [0.1, 0.15) is 0 Å². The van der Waals surface area contributed by atoms with E-state index in [1.54, 1.807) is 6.08 Å². The topological polar surface area (TPSA) is 29.1 Å². The van der Waals surface area contributed by atoms with Gasteiger partial charge >= 0.3 is 0 Å². The van der Waals surface area contributed by atoms with Crippen molar-refractivity contribution in [1.82, 2.24) is 5.32 Å². The van der Waals surface area contributed by atoms with Crippen LogP contribution >= 0.6 is 0 Å². The fraction of sp³-hybridized carbons (Fsp3) is 0.118. The Bertz CT molecular complexity index is 556. The van der Waals surface area contributed by atoms with E-state index in [9.17, 15) is 4.79 Å². The number of rotatable bonds is 4. The highest BCUT2D eigenvalue weighted by Crippen LogP contribution is 2.04. The molecule has 0 aliphatic heterocycles. The molecule has 2 rings (SSSR count). The third-order valence-electron chi connectivity index (χ3n) is 2.81. The highest BCUT2D eigenvalue weighted by molar-refractivity contribution is 5.91. The van der Waals surface area contributed by atoms with Crippen molar-refractivity contribution in [1.29, 1.82) is 0 Å². The zero-order valence-corrected chi connectivity index (χ0v) is 11.0. The Kier molecular flexibility index (Phi) is 4.51. The molecule has 0 unspecified atom stereocenters. The van der Waals surface area contributed by atoms with Crippen LogP contribution in [0.4, 0.5) is 0 Å². The van der Waals surface area contributed by atoms with Crippen LogP contribution in [0.3, 0.4) is 0 Å². The van der Waals surface area contributed by atoms with Crippen molar-refractivity contribution in [2.45, 2.75) is 13.5 Å². The second-order valence-electron chi connectivity index (χ2n) is 4.45. The van der Waals surface area contributed by atoms with Gasteiger partial charge in [0.15, 0.2) is 0 Å². The van der Waals surface area contributed by atoms with Crippen LogP contribution in [0.2, 0.25) is 0 Å². The summed E-state index contributed by atoms with van der Waals surface area (Å²) in [7, 11) is 0. The van der Waals surface area contributed by atoms with Crippen molar-refractivity contribution in [3.8, 4) is 0 Å². The predicted molar refractivity (Wildman–Crippen MR) is 78.5 cm³/mol. The van der Waals surface area contributed by atoms with Crippen LogP contribution in [0, 0.1) is 6.92 Å². The molecule has 0 heterocycles. The molecule has 2 heteroatoms. The maximum atomic E-state index is 11.7. The summed E-state index contributed by atoms with van der Waals surface area (Å²) in [6.45, 7) is 2.60. The molecule has 19 heavy (non-hydrogen) atoms. The lowest BCUT2D eigenvalue weighted by atomic mass is 10.1. The van der Waals surface area contributed by atoms with E-state index in [1.807, 2.05) is 67.6 Å². The highest BCUT2D eigenvalue weighted by Gasteiger charge is 1.96. The SMILES string of the molecule is Cc1ccc(C=CC(=O)NCc2ccccc2)cc1. The van der Waals surface area contributed by atoms with E-state index in [0.717, 1.165) is 11.1 Å². The van der Waals surface area contributed by atoms with Gasteiger partial charge in [0.2, 0.25) is 5.91 Å². The quantitative estimate of drug-likeness (QED) is 0.830. The van der Waals surface area contributed by atoms with E-state index in [2.05, 4.69) is 5.32 Å². The molecule has 2 nitrogen and oxygen atoms in total. The summed E-state index contributed by atoms with van der Waals surface area (Å²) in [5.41, 5.74) is 3.34. The van der Waals surface area contributed by atoms with Gasteiger partial charge in [-0.05, 0) is 24.1 Å². The standard InChI is InChI=1S/C17H17NO/c1-14-7-9-15(10-8-14)11-12-17(19)18-13-16-5-3-2-4-6-16/h2-12H,13H2,1H3,(H,18,19). The first kappa shape index (κ1) is 13.1. The van der Waals surface area contributed by atoms with Gasteiger partial charge in [0.05, 0.1) is 0 Å². The van der Waals surface area contributed by atoms with Crippen LogP contribution in [0.25, 0.3) is 6.08 Å². The van der Waals surface area contributed by atoms with Crippen LogP contribution < -0.4 is 5.32 Å². The molecule has 2 aromatic carbocycles. The number of hydrogen-bond donors (Lipinski definition) is 1. The lowest BCUT2D eigenvalue weighted by molar-refractivity contribution is -0.116. The van der Waals surface area contributed by atoms with Gasteiger partial charge in [-0.25, -0.2) is 0 Å². The summed E-state index contributed by atoms with van der Waals surface area (Å²) in [5.74, 6) is -0.0792. The number of carbonyl (C=O) groups is 1. The normalized spacial score (nSPS) is 10.6. The number of aryl methyl sites for hydroxylation is 1. The largest absolute Gasteiger partial charge is 0.348 e. The molecule has 0 aliphatic carbocycles. The van der Waals surface area contributed by atoms with Gasteiger partial charge in [-0.1, -0.05) is 60.2 Å². The van der Waals surface area contributed by atoms with Crippen molar-refractivity contribution in [3.63, 3.8) is 0 Å². The Morgan fingerprint density at radius 3 is 2.42 bits per heavy atom. The lowest BCUT2D eigenvalue weighted by Crippen LogP contribution is -2.20. The monoisotopic (exact) mass is 251 g/mol. The number of hydrogen-bond acceptors (Lipinski definition) is 1. The van der Waals surface area contributed by atoms with Crippen LogP contribution in [0.1, 0.15) is 16.7 Å². The second kappa shape index (κ2) is 6.55. The maximum Gasteiger partial charge on any atom is 0.244 e. The molecule has 1 amide bonds. The predicted octanol–water partition coefficient (Wildman–Crippen LogP) is 3.32. The molecule has 0 bridgehead atoms. The molecule has 2 aromatic rings. The number of carbonyl (C=O) groups excluding carboxylic acids is 1. The van der Waals surface area contributed by atoms with Gasteiger partial charge in [0, 0.05) is 12.6 Å². The Morgan fingerprint density at radius 1 is 1.05 bits per heavy atom. The molecule has 0 radical (unpaired) electrons. The molecule has 0 fully saturated rings. The average molecular weight is 251 g/mol. The molecular weight excluding hydrogens is 234 g/mol. The van der Waals surface area contributed by atoms with Crippen molar-refractivity contribution in [2.24, 2.45) is 0 Å². The van der Waals surface area contributed by atoms with E-state index in [4.69, 9.17) is 0 Å². The minimum Gasteiger partial charge on any atom is -0.348 e. The molecule has 0 aromatic heterocycles. The Labute approximate surface area is 113 Å². The molecule has 0 saturated carbocycles. The fourth-order valence-corrected chi connectivity index (χ4v) is 1.69. The lowest BCUT2D eigenvalue weighted by Gasteiger charge is -2.01. The van der Waals surface area contributed by atoms with Gasteiger partial charge in [-0.2, -0.15) is 0 Å². The second-order valence-corrected chi connectivity index (χ2v) is 4.45. The molecule has 0 spiro atoms. The van der Waals surface area contributed by atoms with E-state index in [0.29, 0.717) is 6.54 Å². The van der Waals surface area contributed by atoms with E-state index in [-0.39, 0.29) is 5.91 Å². The third kappa shape index (κ3) is 4.43. The smallest absolute Gasteiger partial charge is 0.244 e. The number of benzene rings is 2. The van der Waals surface area contributed by atoms with Crippen LogP contribution in [0.15, 0.2) is 60.7 Å². The first-order valence-electron chi connectivity index (χ1n) is 6.30. The molecule has 0 saturated heterocycles.